The summed E-state index contributed by atoms with van der Waals surface area (Å²) < 4.78 is 7.94. The summed E-state index contributed by atoms with van der Waals surface area (Å²) in [5, 5.41) is 8.76. The molecule has 2 aromatic carbocycles. The predicted octanol–water partition coefficient (Wildman–Crippen LogP) is 5.40. The summed E-state index contributed by atoms with van der Waals surface area (Å²) in [6, 6.07) is 16.2. The lowest BCUT2D eigenvalue weighted by Gasteiger charge is -1.98. The third-order valence-corrected chi connectivity index (χ3v) is 4.91. The highest BCUT2D eigenvalue weighted by Crippen LogP contribution is 2.26. The Kier molecular flexibility index (Phi) is 4.97. The van der Waals surface area contributed by atoms with Gasteiger partial charge in [0.15, 0.2) is 0 Å². The van der Waals surface area contributed by atoms with Crippen molar-refractivity contribution in [3.05, 3.63) is 62.1 Å². The van der Waals surface area contributed by atoms with E-state index in [0.717, 1.165) is 15.8 Å². The minimum atomic E-state index is 0.549. The lowest BCUT2D eigenvalue weighted by molar-refractivity contribution is 0.466. The second kappa shape index (κ2) is 6.93. The first kappa shape index (κ1) is 15.1. The fraction of sp³-hybridized carbons (Fsp3) is 0.0667. The van der Waals surface area contributed by atoms with Crippen LogP contribution in [0.5, 0.6) is 0 Å². The topological polar surface area (TPSA) is 38.9 Å². The number of thioether (sulfide) groups is 1. The van der Waals surface area contributed by atoms with Gasteiger partial charge in [0.25, 0.3) is 5.22 Å². The highest BCUT2D eigenvalue weighted by molar-refractivity contribution is 14.1. The molecule has 0 saturated carbocycles. The van der Waals surface area contributed by atoms with Crippen molar-refractivity contribution in [3.63, 3.8) is 0 Å². The highest BCUT2D eigenvalue weighted by atomic mass is 127. The summed E-state index contributed by atoms with van der Waals surface area (Å²) in [7, 11) is 0. The average Bonchev–Trinajstić information content (AvgIpc) is 2.96. The number of hydrogen-bond acceptors (Lipinski definition) is 4. The minimum absolute atomic E-state index is 0.549. The van der Waals surface area contributed by atoms with Crippen LogP contribution in [0.2, 0.25) is 0 Å². The molecule has 0 fully saturated rings. The molecule has 0 radical (unpaired) electrons. The van der Waals surface area contributed by atoms with Crippen LogP contribution >= 0.6 is 50.3 Å². The van der Waals surface area contributed by atoms with Gasteiger partial charge in [-0.3, -0.25) is 0 Å². The van der Waals surface area contributed by atoms with E-state index in [-0.39, 0.29) is 0 Å². The number of halogens is 2. The average molecular weight is 473 g/mol. The van der Waals surface area contributed by atoms with Crippen molar-refractivity contribution in [3.8, 4) is 11.5 Å². The smallest absolute Gasteiger partial charge is 0.277 e. The summed E-state index contributed by atoms with van der Waals surface area (Å²) in [5.41, 5.74) is 2.16. The molecule has 106 valence electrons. The molecule has 3 aromatic rings. The zero-order valence-corrected chi connectivity index (χ0v) is 15.4. The van der Waals surface area contributed by atoms with Crippen molar-refractivity contribution in [1.29, 1.82) is 0 Å². The molecule has 0 amide bonds. The zero-order valence-electron chi connectivity index (χ0n) is 10.8. The Morgan fingerprint density at radius 3 is 2.43 bits per heavy atom. The number of nitrogens with zero attached hydrogens (tertiary/aromatic N) is 2. The molecule has 21 heavy (non-hydrogen) atoms. The van der Waals surface area contributed by atoms with Crippen LogP contribution in [0.15, 0.2) is 62.6 Å². The molecule has 1 aromatic heterocycles. The fourth-order valence-corrected chi connectivity index (χ4v) is 3.05. The van der Waals surface area contributed by atoms with Crippen molar-refractivity contribution in [1.82, 2.24) is 10.2 Å². The monoisotopic (exact) mass is 472 g/mol. The van der Waals surface area contributed by atoms with E-state index < -0.39 is 0 Å². The van der Waals surface area contributed by atoms with E-state index in [0.29, 0.717) is 11.1 Å². The first-order chi connectivity index (χ1) is 10.2. The maximum absolute atomic E-state index is 5.68. The van der Waals surface area contributed by atoms with Crippen LogP contribution in [0.1, 0.15) is 5.56 Å². The van der Waals surface area contributed by atoms with E-state index in [1.165, 1.54) is 9.13 Å². The van der Waals surface area contributed by atoms with Crippen LogP contribution in [0.3, 0.4) is 0 Å². The van der Waals surface area contributed by atoms with Crippen molar-refractivity contribution in [2.75, 3.05) is 0 Å². The third-order valence-electron chi connectivity index (χ3n) is 2.77. The van der Waals surface area contributed by atoms with E-state index in [1.54, 1.807) is 11.8 Å². The normalized spacial score (nSPS) is 10.8. The summed E-state index contributed by atoms with van der Waals surface area (Å²) in [5.74, 6) is 1.37. The Balaban J connectivity index is 1.67. The van der Waals surface area contributed by atoms with Crippen LogP contribution < -0.4 is 0 Å². The lowest BCUT2D eigenvalue weighted by atomic mass is 10.2. The molecule has 0 atom stereocenters. The molecule has 0 N–H and O–H groups in total. The summed E-state index contributed by atoms with van der Waals surface area (Å²) >= 11 is 7.25. The predicted molar refractivity (Wildman–Crippen MR) is 96.2 cm³/mol. The third kappa shape index (κ3) is 4.08. The Morgan fingerprint density at radius 2 is 1.71 bits per heavy atom. The van der Waals surface area contributed by atoms with Crippen LogP contribution in [-0.2, 0) is 5.75 Å². The Morgan fingerprint density at radius 1 is 1.00 bits per heavy atom. The van der Waals surface area contributed by atoms with Gasteiger partial charge < -0.3 is 4.42 Å². The Bertz CT molecular complexity index is 728. The van der Waals surface area contributed by atoms with E-state index in [2.05, 4.69) is 73.0 Å². The molecule has 0 saturated heterocycles. The van der Waals surface area contributed by atoms with Crippen LogP contribution in [0.25, 0.3) is 11.5 Å². The Labute approximate surface area is 148 Å². The van der Waals surface area contributed by atoms with Crippen molar-refractivity contribution >= 4 is 50.3 Å². The molecular formula is C15H10BrIN2OS. The molecule has 3 rings (SSSR count). The zero-order chi connectivity index (χ0) is 14.7. The second-order valence-corrected chi connectivity index (χ2v) is 7.38. The van der Waals surface area contributed by atoms with Gasteiger partial charge in [-0.15, -0.1) is 10.2 Å². The number of benzene rings is 2. The number of hydrogen-bond donors (Lipinski definition) is 0. The molecule has 0 unspecified atom stereocenters. The largest absolute Gasteiger partial charge is 0.411 e. The molecule has 6 heteroatoms. The van der Waals surface area contributed by atoms with Crippen molar-refractivity contribution < 1.29 is 4.42 Å². The summed E-state index contributed by atoms with van der Waals surface area (Å²) in [4.78, 5) is 0. The molecule has 3 nitrogen and oxygen atoms in total. The SMILES string of the molecule is Brc1ccc(-c2nnc(SCc3ccc(I)cc3)o2)cc1. The van der Waals surface area contributed by atoms with Gasteiger partial charge in [-0.25, -0.2) is 0 Å². The summed E-state index contributed by atoms with van der Waals surface area (Å²) in [6.45, 7) is 0. The first-order valence-corrected chi connectivity index (χ1v) is 9.03. The van der Waals surface area contributed by atoms with Crippen molar-refractivity contribution in [2.45, 2.75) is 11.0 Å². The first-order valence-electron chi connectivity index (χ1n) is 6.17. The van der Waals surface area contributed by atoms with Crippen LogP contribution in [-0.4, -0.2) is 10.2 Å². The van der Waals surface area contributed by atoms with Crippen molar-refractivity contribution in [2.24, 2.45) is 0 Å². The molecule has 0 aliphatic heterocycles. The van der Waals surface area contributed by atoms with Gasteiger partial charge in [-0.05, 0) is 64.6 Å². The molecule has 1 heterocycles. The summed E-state index contributed by atoms with van der Waals surface area (Å²) in [6.07, 6.45) is 0. The lowest BCUT2D eigenvalue weighted by Crippen LogP contribution is -1.81. The molecule has 0 spiro atoms. The van der Waals surface area contributed by atoms with E-state index >= 15 is 0 Å². The van der Waals surface area contributed by atoms with Gasteiger partial charge in [0.2, 0.25) is 5.89 Å². The number of aromatic nitrogens is 2. The standard InChI is InChI=1S/C15H10BrIN2OS/c16-12-5-3-11(4-6-12)14-18-19-15(20-14)21-9-10-1-7-13(17)8-2-10/h1-8H,9H2. The molecule has 0 aliphatic rings. The van der Waals surface area contributed by atoms with Gasteiger partial charge in [0.1, 0.15) is 0 Å². The maximum Gasteiger partial charge on any atom is 0.277 e. The quantitative estimate of drug-likeness (QED) is 0.376. The van der Waals surface area contributed by atoms with Crippen LogP contribution in [0, 0.1) is 3.57 Å². The highest BCUT2D eigenvalue weighted by Gasteiger charge is 2.09. The van der Waals surface area contributed by atoms with Gasteiger partial charge >= 0.3 is 0 Å². The van der Waals surface area contributed by atoms with E-state index in [4.69, 9.17) is 4.42 Å². The number of rotatable bonds is 4. The minimum Gasteiger partial charge on any atom is -0.411 e. The maximum atomic E-state index is 5.68. The molecular weight excluding hydrogens is 463 g/mol. The van der Waals surface area contributed by atoms with Gasteiger partial charge in [-0.2, -0.15) is 0 Å². The van der Waals surface area contributed by atoms with Gasteiger partial charge in [-0.1, -0.05) is 39.8 Å². The van der Waals surface area contributed by atoms with E-state index in [1.807, 2.05) is 24.3 Å². The molecule has 0 bridgehead atoms. The molecule has 0 aliphatic carbocycles. The Hall–Kier alpha value is -0.860. The van der Waals surface area contributed by atoms with E-state index in [9.17, 15) is 0 Å². The van der Waals surface area contributed by atoms with Gasteiger partial charge in [0, 0.05) is 19.4 Å². The second-order valence-electron chi connectivity index (χ2n) is 4.30. The van der Waals surface area contributed by atoms with Crippen LogP contribution in [0.4, 0.5) is 0 Å². The fourth-order valence-electron chi connectivity index (χ4n) is 1.70. The van der Waals surface area contributed by atoms with Gasteiger partial charge in [0.05, 0.1) is 0 Å².